The molecule has 0 unspecified atom stereocenters. The smallest absolute Gasteiger partial charge is 0.263 e. The molecule has 0 radical (unpaired) electrons. The fraction of sp³-hybridized carbons (Fsp3) is 0.429. The zero-order valence-corrected chi connectivity index (χ0v) is 15.8. The maximum absolute atomic E-state index is 12.1. The van der Waals surface area contributed by atoms with E-state index >= 15 is 0 Å². The van der Waals surface area contributed by atoms with Crippen LogP contribution >= 0.6 is 47.5 Å². The Labute approximate surface area is 151 Å². The number of nitrogens with one attached hydrogen (secondary N) is 2. The van der Waals surface area contributed by atoms with E-state index in [9.17, 15) is 4.79 Å². The van der Waals surface area contributed by atoms with Crippen LogP contribution in [-0.2, 0) is 0 Å². The number of carbonyl (C=O) groups excluding carboxylic acids is 1. The lowest BCUT2D eigenvalue weighted by molar-refractivity contribution is 0.0957. The molecule has 0 saturated heterocycles. The average molecular weight is 382 g/mol. The molecule has 2 aromatic heterocycles. The molecule has 2 N–H and O–H groups in total. The van der Waals surface area contributed by atoms with Crippen LogP contribution in [0.4, 0.5) is 0 Å². The first-order valence-electron chi connectivity index (χ1n) is 6.72. The average Bonchev–Trinajstić information content (AvgIpc) is 3.07. The summed E-state index contributed by atoms with van der Waals surface area (Å²) in [6.45, 7) is 6.44. The van der Waals surface area contributed by atoms with E-state index in [1.165, 1.54) is 11.3 Å². The molecular formula is C14H21Cl2N3OS2. The number of thiazole rings is 1. The van der Waals surface area contributed by atoms with Crippen LogP contribution in [0.2, 0.25) is 0 Å². The van der Waals surface area contributed by atoms with E-state index in [1.807, 2.05) is 24.4 Å². The van der Waals surface area contributed by atoms with Gasteiger partial charge in [-0.15, -0.1) is 47.5 Å². The number of rotatable bonds is 7. The summed E-state index contributed by atoms with van der Waals surface area (Å²) in [6.07, 6.45) is 1.10. The second-order valence-corrected chi connectivity index (χ2v) is 6.36. The number of amides is 1. The molecule has 0 aliphatic carbocycles. The van der Waals surface area contributed by atoms with Crippen LogP contribution < -0.4 is 10.6 Å². The van der Waals surface area contributed by atoms with Gasteiger partial charge in [0, 0.05) is 13.1 Å². The number of hydrogen-bond donors (Lipinski definition) is 2. The minimum atomic E-state index is -0.0268. The van der Waals surface area contributed by atoms with Crippen LogP contribution in [0.25, 0.3) is 9.88 Å². The summed E-state index contributed by atoms with van der Waals surface area (Å²) >= 11 is 3.10. The third-order valence-corrected chi connectivity index (χ3v) is 4.94. The standard InChI is InChI=1S/C14H19N3OS2.2ClH/c1-3-6-15-7-8-16-13(18)12-10(2)17-14(20-12)11-5-4-9-19-11;;/h4-5,9,15H,3,6-8H2,1-2H3,(H,16,18);2*1H. The summed E-state index contributed by atoms with van der Waals surface area (Å²) in [5.41, 5.74) is 0.803. The van der Waals surface area contributed by atoms with Crippen LogP contribution in [0.1, 0.15) is 28.7 Å². The van der Waals surface area contributed by atoms with Crippen molar-refractivity contribution in [3.8, 4) is 9.88 Å². The Morgan fingerprint density at radius 2 is 2.05 bits per heavy atom. The van der Waals surface area contributed by atoms with E-state index < -0.39 is 0 Å². The summed E-state index contributed by atoms with van der Waals surface area (Å²) in [4.78, 5) is 18.4. The number of carbonyl (C=O) groups is 1. The predicted molar refractivity (Wildman–Crippen MR) is 100 cm³/mol. The van der Waals surface area contributed by atoms with Gasteiger partial charge in [0.05, 0.1) is 10.6 Å². The summed E-state index contributed by atoms with van der Waals surface area (Å²) < 4.78 is 0. The number of hydrogen-bond acceptors (Lipinski definition) is 5. The Bertz CT molecular complexity index is 558. The lowest BCUT2D eigenvalue weighted by atomic mass is 10.3. The normalized spacial score (nSPS) is 9.73. The van der Waals surface area contributed by atoms with Crippen LogP contribution in [0, 0.1) is 6.92 Å². The van der Waals surface area contributed by atoms with Gasteiger partial charge in [-0.2, -0.15) is 0 Å². The predicted octanol–water partition coefficient (Wildman–Crippen LogP) is 3.75. The van der Waals surface area contributed by atoms with Crippen LogP contribution in [0.15, 0.2) is 17.5 Å². The van der Waals surface area contributed by atoms with E-state index in [4.69, 9.17) is 0 Å². The van der Waals surface area contributed by atoms with Gasteiger partial charge in [-0.25, -0.2) is 4.98 Å². The first kappa shape index (κ1) is 21.3. The molecule has 0 fully saturated rings. The van der Waals surface area contributed by atoms with E-state index in [0.29, 0.717) is 11.4 Å². The van der Waals surface area contributed by atoms with Crippen molar-refractivity contribution in [3.05, 3.63) is 28.1 Å². The third-order valence-electron chi connectivity index (χ3n) is 2.75. The van der Waals surface area contributed by atoms with Crippen LogP contribution in [0.3, 0.4) is 0 Å². The Kier molecular flexibility index (Phi) is 10.6. The van der Waals surface area contributed by atoms with E-state index in [-0.39, 0.29) is 30.7 Å². The van der Waals surface area contributed by atoms with Gasteiger partial charge in [0.1, 0.15) is 9.88 Å². The van der Waals surface area contributed by atoms with Crippen molar-refractivity contribution in [2.24, 2.45) is 0 Å². The van der Waals surface area contributed by atoms with Gasteiger partial charge in [0.25, 0.3) is 5.91 Å². The van der Waals surface area contributed by atoms with Crippen molar-refractivity contribution < 1.29 is 4.79 Å². The van der Waals surface area contributed by atoms with Crippen molar-refractivity contribution in [1.82, 2.24) is 15.6 Å². The van der Waals surface area contributed by atoms with Gasteiger partial charge < -0.3 is 10.6 Å². The summed E-state index contributed by atoms with van der Waals surface area (Å²) in [7, 11) is 0. The van der Waals surface area contributed by atoms with Crippen molar-refractivity contribution in [2.45, 2.75) is 20.3 Å². The Hall–Kier alpha value is -0.660. The van der Waals surface area contributed by atoms with E-state index in [1.54, 1.807) is 11.3 Å². The molecule has 0 saturated carbocycles. The zero-order valence-electron chi connectivity index (χ0n) is 12.5. The molecule has 0 aliphatic rings. The van der Waals surface area contributed by atoms with Gasteiger partial charge in [-0.05, 0) is 31.3 Å². The highest BCUT2D eigenvalue weighted by atomic mass is 35.5. The highest BCUT2D eigenvalue weighted by Crippen LogP contribution is 2.30. The fourth-order valence-electron chi connectivity index (χ4n) is 1.76. The zero-order chi connectivity index (χ0) is 14.4. The van der Waals surface area contributed by atoms with Gasteiger partial charge >= 0.3 is 0 Å². The van der Waals surface area contributed by atoms with Crippen molar-refractivity contribution in [3.63, 3.8) is 0 Å². The quantitative estimate of drug-likeness (QED) is 0.717. The maximum Gasteiger partial charge on any atom is 0.263 e. The van der Waals surface area contributed by atoms with Gasteiger partial charge in [0.15, 0.2) is 0 Å². The first-order valence-corrected chi connectivity index (χ1v) is 8.42. The summed E-state index contributed by atoms with van der Waals surface area (Å²) in [5, 5.41) is 9.13. The van der Waals surface area contributed by atoms with Gasteiger partial charge in [-0.3, -0.25) is 4.79 Å². The van der Waals surface area contributed by atoms with E-state index in [2.05, 4.69) is 22.5 Å². The Morgan fingerprint density at radius 3 is 2.68 bits per heavy atom. The lowest BCUT2D eigenvalue weighted by Crippen LogP contribution is -2.32. The van der Waals surface area contributed by atoms with Crippen molar-refractivity contribution >= 4 is 53.4 Å². The maximum atomic E-state index is 12.1. The SMILES string of the molecule is CCCNCCNC(=O)c1sc(-c2cccs2)nc1C.Cl.Cl. The number of aromatic nitrogens is 1. The van der Waals surface area contributed by atoms with Crippen molar-refractivity contribution in [1.29, 1.82) is 0 Å². The molecular weight excluding hydrogens is 361 g/mol. The molecule has 2 rings (SSSR count). The lowest BCUT2D eigenvalue weighted by Gasteiger charge is -2.04. The topological polar surface area (TPSA) is 54.0 Å². The van der Waals surface area contributed by atoms with Gasteiger partial charge in [0.2, 0.25) is 0 Å². The summed E-state index contributed by atoms with van der Waals surface area (Å²) in [5.74, 6) is -0.0268. The summed E-state index contributed by atoms with van der Waals surface area (Å²) in [6, 6.07) is 4.02. The third kappa shape index (κ3) is 5.85. The molecule has 0 atom stereocenters. The van der Waals surface area contributed by atoms with Crippen molar-refractivity contribution in [2.75, 3.05) is 19.6 Å². The van der Waals surface area contributed by atoms with Gasteiger partial charge in [-0.1, -0.05) is 13.0 Å². The molecule has 4 nitrogen and oxygen atoms in total. The highest BCUT2D eigenvalue weighted by Gasteiger charge is 2.16. The molecule has 0 bridgehead atoms. The molecule has 0 aromatic carbocycles. The molecule has 22 heavy (non-hydrogen) atoms. The molecule has 8 heteroatoms. The van der Waals surface area contributed by atoms with E-state index in [0.717, 1.165) is 35.1 Å². The fourth-order valence-corrected chi connectivity index (χ4v) is 3.54. The second kappa shape index (κ2) is 11.0. The highest BCUT2D eigenvalue weighted by molar-refractivity contribution is 7.22. The minimum absolute atomic E-state index is 0. The second-order valence-electron chi connectivity index (χ2n) is 4.42. The molecule has 1 amide bonds. The molecule has 2 heterocycles. The van der Waals surface area contributed by atoms with Crippen LogP contribution in [-0.4, -0.2) is 30.5 Å². The molecule has 0 aliphatic heterocycles. The first-order chi connectivity index (χ1) is 9.72. The number of halogens is 2. The largest absolute Gasteiger partial charge is 0.350 e. The number of thiophene rings is 1. The number of aryl methyl sites for hydroxylation is 1. The molecule has 0 spiro atoms. The molecule has 124 valence electrons. The monoisotopic (exact) mass is 381 g/mol. The van der Waals surface area contributed by atoms with Crippen LogP contribution in [0.5, 0.6) is 0 Å². The number of nitrogens with zero attached hydrogens (tertiary/aromatic N) is 1. The Morgan fingerprint density at radius 1 is 1.27 bits per heavy atom. The minimum Gasteiger partial charge on any atom is -0.350 e. The Balaban J connectivity index is 0.00000220. The molecule has 2 aromatic rings.